The van der Waals surface area contributed by atoms with Crippen LogP contribution in [0.2, 0.25) is 0 Å². The van der Waals surface area contributed by atoms with E-state index in [2.05, 4.69) is 35.3 Å². The SMILES string of the molecule is CCCn1ccc(CNc2ccc(CS(N)(=O)=O)cc2)c1. The molecular weight excluding hydrogens is 286 g/mol. The first-order valence-corrected chi connectivity index (χ1v) is 8.66. The fraction of sp³-hybridized carbons (Fsp3) is 0.333. The Kier molecular flexibility index (Phi) is 5.03. The summed E-state index contributed by atoms with van der Waals surface area (Å²) in [5.74, 6) is -0.132. The Bertz CT molecular complexity index is 675. The van der Waals surface area contributed by atoms with Crippen LogP contribution in [0.1, 0.15) is 24.5 Å². The van der Waals surface area contributed by atoms with Crippen LogP contribution >= 0.6 is 0 Å². The molecule has 0 bridgehead atoms. The molecule has 0 radical (unpaired) electrons. The summed E-state index contributed by atoms with van der Waals surface area (Å²) in [5, 5.41) is 8.33. The van der Waals surface area contributed by atoms with Crippen molar-refractivity contribution < 1.29 is 8.42 Å². The lowest BCUT2D eigenvalue weighted by Gasteiger charge is -2.06. The van der Waals surface area contributed by atoms with E-state index in [0.717, 1.165) is 25.2 Å². The lowest BCUT2D eigenvalue weighted by molar-refractivity contribution is 0.597. The molecule has 3 N–H and O–H groups in total. The molecule has 0 aliphatic carbocycles. The van der Waals surface area contributed by atoms with Gasteiger partial charge in [-0.05, 0) is 35.7 Å². The highest BCUT2D eigenvalue weighted by Crippen LogP contribution is 2.13. The highest BCUT2D eigenvalue weighted by atomic mass is 32.2. The third-order valence-electron chi connectivity index (χ3n) is 3.11. The first kappa shape index (κ1) is 15.6. The highest BCUT2D eigenvalue weighted by Gasteiger charge is 2.04. The monoisotopic (exact) mass is 307 g/mol. The zero-order chi connectivity index (χ0) is 15.3. The molecule has 0 aliphatic heterocycles. The second kappa shape index (κ2) is 6.78. The normalized spacial score (nSPS) is 11.5. The number of anilines is 1. The number of sulfonamides is 1. The Balaban J connectivity index is 1.91. The first-order chi connectivity index (χ1) is 9.96. The summed E-state index contributed by atoms with van der Waals surface area (Å²) >= 11 is 0. The van der Waals surface area contributed by atoms with Crippen molar-refractivity contribution in [2.24, 2.45) is 5.14 Å². The fourth-order valence-electron chi connectivity index (χ4n) is 2.15. The van der Waals surface area contributed by atoms with Crippen molar-refractivity contribution in [2.75, 3.05) is 5.32 Å². The van der Waals surface area contributed by atoms with E-state index in [1.807, 2.05) is 12.1 Å². The summed E-state index contributed by atoms with van der Waals surface area (Å²) in [6, 6.07) is 9.37. The number of aryl methyl sites for hydroxylation is 1. The van der Waals surface area contributed by atoms with Gasteiger partial charge in [0.15, 0.2) is 0 Å². The number of nitrogens with zero attached hydrogens (tertiary/aromatic N) is 1. The van der Waals surface area contributed by atoms with Gasteiger partial charge in [-0.25, -0.2) is 13.6 Å². The Morgan fingerprint density at radius 2 is 1.86 bits per heavy atom. The molecule has 2 aromatic rings. The molecule has 21 heavy (non-hydrogen) atoms. The highest BCUT2D eigenvalue weighted by molar-refractivity contribution is 7.88. The quantitative estimate of drug-likeness (QED) is 0.824. The third kappa shape index (κ3) is 5.24. The number of hydrogen-bond donors (Lipinski definition) is 2. The van der Waals surface area contributed by atoms with Crippen molar-refractivity contribution in [2.45, 2.75) is 32.2 Å². The van der Waals surface area contributed by atoms with Crippen molar-refractivity contribution in [1.82, 2.24) is 4.57 Å². The van der Waals surface area contributed by atoms with Gasteiger partial charge in [-0.15, -0.1) is 0 Å². The Hall–Kier alpha value is -1.79. The molecule has 0 saturated carbocycles. The molecule has 5 nitrogen and oxygen atoms in total. The summed E-state index contributed by atoms with van der Waals surface area (Å²) < 4.78 is 24.2. The number of primary sulfonamides is 1. The second-order valence-electron chi connectivity index (χ2n) is 5.12. The number of aromatic nitrogens is 1. The maximum absolute atomic E-state index is 11.0. The average molecular weight is 307 g/mol. The molecule has 6 heteroatoms. The minimum absolute atomic E-state index is 0.132. The number of nitrogens with one attached hydrogen (secondary N) is 1. The standard InChI is InChI=1S/C15H21N3O2S/c1-2-8-18-9-7-14(11-18)10-17-15-5-3-13(4-6-15)12-21(16,19)20/h3-7,9,11,17H,2,8,10,12H2,1H3,(H2,16,19,20). The van der Waals surface area contributed by atoms with Crippen molar-refractivity contribution in [3.8, 4) is 0 Å². The summed E-state index contributed by atoms with van der Waals surface area (Å²) in [6.07, 6.45) is 5.33. The number of nitrogens with two attached hydrogens (primary N) is 1. The Morgan fingerprint density at radius 1 is 1.14 bits per heavy atom. The minimum atomic E-state index is -3.47. The zero-order valence-electron chi connectivity index (χ0n) is 12.1. The van der Waals surface area contributed by atoms with Crippen LogP contribution in [-0.4, -0.2) is 13.0 Å². The molecule has 0 spiro atoms. The van der Waals surface area contributed by atoms with Gasteiger partial charge in [0.2, 0.25) is 10.0 Å². The summed E-state index contributed by atoms with van der Waals surface area (Å²) in [5.41, 5.74) is 2.87. The van der Waals surface area contributed by atoms with Crippen LogP contribution in [0.4, 0.5) is 5.69 Å². The zero-order valence-corrected chi connectivity index (χ0v) is 12.9. The predicted octanol–water partition coefficient (Wildman–Crippen LogP) is 2.30. The largest absolute Gasteiger partial charge is 0.381 e. The van der Waals surface area contributed by atoms with E-state index in [0.29, 0.717) is 5.56 Å². The second-order valence-corrected chi connectivity index (χ2v) is 6.73. The molecule has 1 aromatic heterocycles. The van der Waals surface area contributed by atoms with E-state index in [4.69, 9.17) is 5.14 Å². The molecular formula is C15H21N3O2S. The van der Waals surface area contributed by atoms with Gasteiger partial charge in [0, 0.05) is 31.2 Å². The molecule has 0 amide bonds. The number of hydrogen-bond acceptors (Lipinski definition) is 3. The summed E-state index contributed by atoms with van der Waals surface area (Å²) in [4.78, 5) is 0. The van der Waals surface area contributed by atoms with Crippen LogP contribution < -0.4 is 10.5 Å². The van der Waals surface area contributed by atoms with Crippen LogP contribution in [0.5, 0.6) is 0 Å². The van der Waals surface area contributed by atoms with Crippen LogP contribution in [0, 0.1) is 0 Å². The topological polar surface area (TPSA) is 77.1 Å². The average Bonchev–Trinajstić information content (AvgIpc) is 2.84. The molecule has 0 unspecified atom stereocenters. The predicted molar refractivity (Wildman–Crippen MR) is 85.3 cm³/mol. The molecule has 0 fully saturated rings. The molecule has 1 aromatic carbocycles. The molecule has 0 atom stereocenters. The molecule has 114 valence electrons. The molecule has 0 aliphatic rings. The summed E-state index contributed by atoms with van der Waals surface area (Å²) in [7, 11) is -3.47. The van der Waals surface area contributed by atoms with Crippen molar-refractivity contribution in [3.63, 3.8) is 0 Å². The molecule has 0 saturated heterocycles. The van der Waals surface area contributed by atoms with Gasteiger partial charge >= 0.3 is 0 Å². The van der Waals surface area contributed by atoms with E-state index in [9.17, 15) is 8.42 Å². The van der Waals surface area contributed by atoms with Gasteiger partial charge in [0.25, 0.3) is 0 Å². The van der Waals surface area contributed by atoms with Gasteiger partial charge in [0.1, 0.15) is 0 Å². The maximum Gasteiger partial charge on any atom is 0.213 e. The smallest absolute Gasteiger partial charge is 0.213 e. The lowest BCUT2D eigenvalue weighted by Crippen LogP contribution is -2.14. The van der Waals surface area contributed by atoms with Crippen molar-refractivity contribution in [1.29, 1.82) is 0 Å². The van der Waals surface area contributed by atoms with E-state index >= 15 is 0 Å². The number of benzene rings is 1. The maximum atomic E-state index is 11.0. The van der Waals surface area contributed by atoms with Crippen molar-refractivity contribution >= 4 is 15.7 Å². The summed E-state index contributed by atoms with van der Waals surface area (Å²) in [6.45, 7) is 3.93. The van der Waals surface area contributed by atoms with Crippen LogP contribution in [0.25, 0.3) is 0 Å². The van der Waals surface area contributed by atoms with E-state index in [-0.39, 0.29) is 5.75 Å². The molecule has 2 rings (SSSR count). The number of rotatable bonds is 7. The van der Waals surface area contributed by atoms with E-state index < -0.39 is 10.0 Å². The van der Waals surface area contributed by atoms with Crippen molar-refractivity contribution in [3.05, 3.63) is 53.9 Å². The van der Waals surface area contributed by atoms with Crippen LogP contribution in [-0.2, 0) is 28.9 Å². The van der Waals surface area contributed by atoms with Crippen LogP contribution in [0.3, 0.4) is 0 Å². The Labute approximate surface area is 125 Å². The van der Waals surface area contributed by atoms with Gasteiger partial charge < -0.3 is 9.88 Å². The fourth-order valence-corrected chi connectivity index (χ4v) is 2.80. The minimum Gasteiger partial charge on any atom is -0.381 e. The lowest BCUT2D eigenvalue weighted by atomic mass is 10.2. The molecule has 1 heterocycles. The van der Waals surface area contributed by atoms with E-state index in [1.165, 1.54) is 5.56 Å². The van der Waals surface area contributed by atoms with Gasteiger partial charge in [-0.1, -0.05) is 19.1 Å². The first-order valence-electron chi connectivity index (χ1n) is 6.94. The third-order valence-corrected chi connectivity index (χ3v) is 3.85. The van der Waals surface area contributed by atoms with Crippen LogP contribution in [0.15, 0.2) is 42.7 Å². The van der Waals surface area contributed by atoms with Gasteiger partial charge in [-0.2, -0.15) is 0 Å². The van der Waals surface area contributed by atoms with Gasteiger partial charge in [0.05, 0.1) is 5.75 Å². The van der Waals surface area contributed by atoms with Gasteiger partial charge in [-0.3, -0.25) is 0 Å². The van der Waals surface area contributed by atoms with E-state index in [1.54, 1.807) is 12.1 Å². The Morgan fingerprint density at radius 3 is 2.48 bits per heavy atom.